The molecule has 0 spiro atoms. The lowest BCUT2D eigenvalue weighted by atomic mass is 9.95. The molecule has 0 saturated carbocycles. The second-order valence-corrected chi connectivity index (χ2v) is 8.71. The summed E-state index contributed by atoms with van der Waals surface area (Å²) < 4.78 is 1.17. The van der Waals surface area contributed by atoms with E-state index in [1.807, 2.05) is 55.5 Å². The van der Waals surface area contributed by atoms with Gasteiger partial charge in [-0.25, -0.2) is 0 Å². The van der Waals surface area contributed by atoms with Crippen LogP contribution in [-0.4, -0.2) is 22.5 Å². The summed E-state index contributed by atoms with van der Waals surface area (Å²) in [4.78, 5) is 15.0. The van der Waals surface area contributed by atoms with Gasteiger partial charge in [0.25, 0.3) is 5.91 Å². The number of benzene rings is 2. The normalized spacial score (nSPS) is 18.4. The fourth-order valence-corrected chi connectivity index (χ4v) is 3.73. The molecule has 1 N–H and O–H groups in total. The summed E-state index contributed by atoms with van der Waals surface area (Å²) in [6.45, 7) is 2.20. The first-order valence-electron chi connectivity index (χ1n) is 9.48. The Kier molecular flexibility index (Phi) is 7.41. The molecule has 1 heterocycles. The Labute approximate surface area is 195 Å². The van der Waals surface area contributed by atoms with Gasteiger partial charge in [0.15, 0.2) is 0 Å². The van der Waals surface area contributed by atoms with E-state index in [1.165, 1.54) is 9.64 Å². The van der Waals surface area contributed by atoms with Gasteiger partial charge in [-0.3, -0.25) is 9.69 Å². The van der Waals surface area contributed by atoms with Crippen molar-refractivity contribution in [3.63, 3.8) is 0 Å². The Balaban J connectivity index is 1.94. The van der Waals surface area contributed by atoms with Crippen LogP contribution in [0.2, 0.25) is 5.02 Å². The highest BCUT2D eigenvalue weighted by Crippen LogP contribution is 2.30. The van der Waals surface area contributed by atoms with E-state index in [1.54, 1.807) is 17.0 Å². The van der Waals surface area contributed by atoms with Gasteiger partial charge in [-0.15, -0.1) is 6.42 Å². The lowest BCUT2D eigenvalue weighted by Crippen LogP contribution is -2.31. The van der Waals surface area contributed by atoms with Crippen molar-refractivity contribution < 1.29 is 9.90 Å². The molecule has 3 rings (SSSR count). The van der Waals surface area contributed by atoms with E-state index in [0.29, 0.717) is 12.0 Å². The molecule has 5 heteroatoms. The Morgan fingerprint density at radius 3 is 2.60 bits per heavy atom. The second-order valence-electron chi connectivity index (χ2n) is 7.06. The van der Waals surface area contributed by atoms with Gasteiger partial charge >= 0.3 is 0 Å². The SMILES string of the molecule is C#CCN1C(=O)/C(=C/c2ccc(O)c(Cl)c2)C(C)CC=C1/C=C/c1ccc(I)cc1. The van der Waals surface area contributed by atoms with Gasteiger partial charge < -0.3 is 5.11 Å². The Bertz CT molecular complexity index is 1080. The number of phenols is 1. The minimum atomic E-state index is -0.124. The van der Waals surface area contributed by atoms with Gasteiger partial charge in [0.05, 0.1) is 11.6 Å². The number of allylic oxidation sites excluding steroid dienone is 2. The number of amides is 1. The maximum absolute atomic E-state index is 13.4. The third kappa shape index (κ3) is 5.35. The first-order valence-corrected chi connectivity index (χ1v) is 10.9. The van der Waals surface area contributed by atoms with Crippen LogP contribution in [0.1, 0.15) is 24.5 Å². The first-order chi connectivity index (χ1) is 14.4. The Morgan fingerprint density at radius 2 is 1.93 bits per heavy atom. The second kappa shape index (κ2) is 10.0. The molecule has 1 unspecified atom stereocenters. The summed E-state index contributed by atoms with van der Waals surface area (Å²) in [6.07, 6.45) is 14.1. The highest BCUT2D eigenvalue weighted by atomic mass is 127. The van der Waals surface area contributed by atoms with E-state index in [-0.39, 0.29) is 29.1 Å². The average molecular weight is 530 g/mol. The molecule has 2 aromatic rings. The standard InChI is InChI=1S/C25H21ClINO2/c1-3-14-28-21(12-7-18-5-9-20(27)10-6-18)11-4-17(2)22(25(28)30)15-19-8-13-24(29)23(26)16-19/h1,5-13,15-17,29H,4,14H2,2H3/b12-7+,22-15+. The largest absolute Gasteiger partial charge is 0.506 e. The molecular formula is C25H21ClINO2. The highest BCUT2D eigenvalue weighted by molar-refractivity contribution is 14.1. The summed E-state index contributed by atoms with van der Waals surface area (Å²) in [7, 11) is 0. The number of halogens is 2. The molecule has 3 nitrogen and oxygen atoms in total. The quantitative estimate of drug-likeness (QED) is 0.294. The monoisotopic (exact) mass is 529 g/mol. The molecule has 0 aromatic heterocycles. The number of nitrogens with zero attached hydrogens (tertiary/aromatic N) is 1. The summed E-state index contributed by atoms with van der Waals surface area (Å²) in [5, 5.41) is 9.90. The maximum atomic E-state index is 13.4. The van der Waals surface area contributed by atoms with Crippen molar-refractivity contribution in [2.24, 2.45) is 5.92 Å². The van der Waals surface area contributed by atoms with Crippen LogP contribution < -0.4 is 0 Å². The molecule has 30 heavy (non-hydrogen) atoms. The summed E-state index contributed by atoms with van der Waals surface area (Å²) in [6, 6.07) is 13.0. The topological polar surface area (TPSA) is 40.5 Å². The van der Waals surface area contributed by atoms with Gasteiger partial charge in [0, 0.05) is 14.8 Å². The number of carbonyl (C=O) groups is 1. The minimum absolute atomic E-state index is 0.00885. The third-order valence-electron chi connectivity index (χ3n) is 4.88. The molecule has 1 amide bonds. The van der Waals surface area contributed by atoms with E-state index in [4.69, 9.17) is 18.0 Å². The van der Waals surface area contributed by atoms with Gasteiger partial charge in [0.1, 0.15) is 5.75 Å². The van der Waals surface area contributed by atoms with Crippen LogP contribution in [0.15, 0.2) is 65.9 Å². The zero-order valence-electron chi connectivity index (χ0n) is 16.5. The summed E-state index contributed by atoms with van der Waals surface area (Å²) in [5.41, 5.74) is 3.25. The first kappa shape index (κ1) is 22.2. The summed E-state index contributed by atoms with van der Waals surface area (Å²) >= 11 is 8.29. The van der Waals surface area contributed by atoms with Crippen LogP contribution in [-0.2, 0) is 4.79 Å². The molecule has 0 radical (unpaired) electrons. The molecule has 0 bridgehead atoms. The molecule has 2 aromatic carbocycles. The van der Waals surface area contributed by atoms with Gasteiger partial charge in [-0.2, -0.15) is 0 Å². The van der Waals surface area contributed by atoms with E-state index >= 15 is 0 Å². The number of hydrogen-bond donors (Lipinski definition) is 1. The van der Waals surface area contributed by atoms with Crippen molar-refractivity contribution in [1.82, 2.24) is 4.90 Å². The van der Waals surface area contributed by atoms with Crippen LogP contribution in [0.3, 0.4) is 0 Å². The number of rotatable bonds is 4. The number of terminal acetylenes is 1. The highest BCUT2D eigenvalue weighted by Gasteiger charge is 2.27. The molecule has 152 valence electrons. The molecule has 1 atom stereocenters. The van der Waals surface area contributed by atoms with Crippen LogP contribution in [0, 0.1) is 21.8 Å². The fourth-order valence-electron chi connectivity index (χ4n) is 3.18. The number of aromatic hydroxyl groups is 1. The van der Waals surface area contributed by atoms with Crippen LogP contribution in [0.4, 0.5) is 0 Å². The van der Waals surface area contributed by atoms with Crippen LogP contribution in [0.5, 0.6) is 5.75 Å². The smallest absolute Gasteiger partial charge is 0.255 e. The Morgan fingerprint density at radius 1 is 1.23 bits per heavy atom. The lowest BCUT2D eigenvalue weighted by molar-refractivity contribution is -0.124. The van der Waals surface area contributed by atoms with Gasteiger partial charge in [-0.05, 0) is 82.5 Å². The van der Waals surface area contributed by atoms with Crippen LogP contribution >= 0.6 is 34.2 Å². The van der Waals surface area contributed by atoms with Gasteiger partial charge in [-0.1, -0.05) is 54.8 Å². The Hall–Kier alpha value is -2.49. The number of phenolic OH excluding ortho intramolecular Hbond substituents is 1. The van der Waals surface area contributed by atoms with E-state index in [9.17, 15) is 9.90 Å². The van der Waals surface area contributed by atoms with Crippen molar-refractivity contribution in [3.8, 4) is 18.1 Å². The van der Waals surface area contributed by atoms with Crippen LogP contribution in [0.25, 0.3) is 12.2 Å². The van der Waals surface area contributed by atoms with E-state index in [0.717, 1.165) is 16.8 Å². The summed E-state index contributed by atoms with van der Waals surface area (Å²) in [5.74, 6) is 2.49. The molecule has 0 fully saturated rings. The maximum Gasteiger partial charge on any atom is 0.255 e. The van der Waals surface area contributed by atoms with Gasteiger partial charge in [0.2, 0.25) is 0 Å². The fraction of sp³-hybridized carbons (Fsp3) is 0.160. The number of carbonyl (C=O) groups excluding carboxylic acids is 1. The zero-order valence-corrected chi connectivity index (χ0v) is 19.4. The predicted octanol–water partition coefficient (Wildman–Crippen LogP) is 6.13. The van der Waals surface area contributed by atoms with Crippen molar-refractivity contribution in [1.29, 1.82) is 0 Å². The molecule has 0 aliphatic carbocycles. The molecule has 0 saturated heterocycles. The lowest BCUT2D eigenvalue weighted by Gasteiger charge is -2.22. The van der Waals surface area contributed by atoms with Crippen molar-refractivity contribution in [3.05, 3.63) is 85.6 Å². The van der Waals surface area contributed by atoms with Crippen molar-refractivity contribution in [2.75, 3.05) is 6.54 Å². The zero-order chi connectivity index (χ0) is 21.7. The van der Waals surface area contributed by atoms with E-state index < -0.39 is 0 Å². The molecule has 1 aliphatic rings. The van der Waals surface area contributed by atoms with Crippen molar-refractivity contribution >= 4 is 52.3 Å². The molecule has 1 aliphatic heterocycles. The molecular weight excluding hydrogens is 509 g/mol. The minimum Gasteiger partial charge on any atom is -0.506 e. The third-order valence-corrected chi connectivity index (χ3v) is 5.90. The predicted molar refractivity (Wildman–Crippen MR) is 132 cm³/mol. The van der Waals surface area contributed by atoms with E-state index in [2.05, 4.69) is 28.5 Å². The average Bonchev–Trinajstić information content (AvgIpc) is 2.83. The number of hydrogen-bond acceptors (Lipinski definition) is 2. The van der Waals surface area contributed by atoms with Crippen molar-refractivity contribution in [2.45, 2.75) is 13.3 Å².